The lowest BCUT2D eigenvalue weighted by Gasteiger charge is -2.06. The molecule has 0 spiro atoms. The average Bonchev–Trinajstić information content (AvgIpc) is 2.33. The number of aromatic nitrogens is 2. The topological polar surface area (TPSA) is 59.1 Å². The molecule has 5 nitrogen and oxygen atoms in total. The van der Waals surface area contributed by atoms with Gasteiger partial charge in [-0.1, -0.05) is 6.08 Å². The number of ether oxygens (including phenoxy) is 1. The third kappa shape index (κ3) is 4.75. The van der Waals surface area contributed by atoms with Gasteiger partial charge >= 0.3 is 0 Å². The fraction of sp³-hybridized carbons (Fsp3) is 0.455. The SMILES string of the molecule is C=CCNc1nccc(NCCCOC)n1. The lowest BCUT2D eigenvalue weighted by atomic mass is 10.4. The molecule has 2 N–H and O–H groups in total. The molecule has 5 heteroatoms. The number of hydrogen-bond donors (Lipinski definition) is 2. The summed E-state index contributed by atoms with van der Waals surface area (Å²) in [6.07, 6.45) is 4.44. The molecular formula is C11H18N4O. The van der Waals surface area contributed by atoms with Crippen molar-refractivity contribution in [3.8, 4) is 0 Å². The summed E-state index contributed by atoms with van der Waals surface area (Å²) in [7, 11) is 1.70. The summed E-state index contributed by atoms with van der Waals surface area (Å²) in [6, 6.07) is 1.84. The van der Waals surface area contributed by atoms with Gasteiger partial charge in [0.25, 0.3) is 0 Å². The normalized spacial score (nSPS) is 9.81. The zero-order chi connectivity index (χ0) is 11.6. The number of nitrogens with zero attached hydrogens (tertiary/aromatic N) is 2. The molecule has 0 aliphatic carbocycles. The second kappa shape index (κ2) is 7.64. The maximum atomic E-state index is 4.96. The van der Waals surface area contributed by atoms with Crippen molar-refractivity contribution in [2.45, 2.75) is 6.42 Å². The number of hydrogen-bond acceptors (Lipinski definition) is 5. The third-order valence-corrected chi connectivity index (χ3v) is 1.89. The lowest BCUT2D eigenvalue weighted by Crippen LogP contribution is -2.08. The van der Waals surface area contributed by atoms with Gasteiger partial charge in [-0.3, -0.25) is 0 Å². The standard InChI is InChI=1S/C11H18N4O/c1-3-6-13-11-14-8-5-10(15-11)12-7-4-9-16-2/h3,5,8H,1,4,6-7,9H2,2H3,(H2,12,13,14,15). The zero-order valence-corrected chi connectivity index (χ0v) is 9.57. The second-order valence-electron chi connectivity index (χ2n) is 3.21. The van der Waals surface area contributed by atoms with Crippen LogP contribution in [0.2, 0.25) is 0 Å². The highest BCUT2D eigenvalue weighted by Gasteiger charge is 1.96. The Bertz CT molecular complexity index is 317. The first kappa shape index (κ1) is 12.4. The van der Waals surface area contributed by atoms with Crippen LogP contribution in [0.25, 0.3) is 0 Å². The maximum Gasteiger partial charge on any atom is 0.224 e. The van der Waals surface area contributed by atoms with E-state index in [1.54, 1.807) is 19.4 Å². The van der Waals surface area contributed by atoms with Crippen LogP contribution in [0.3, 0.4) is 0 Å². The van der Waals surface area contributed by atoms with Gasteiger partial charge in [0, 0.05) is 33.0 Å². The minimum absolute atomic E-state index is 0.608. The molecule has 0 aromatic carbocycles. The highest BCUT2D eigenvalue weighted by atomic mass is 16.5. The Morgan fingerprint density at radius 1 is 1.50 bits per heavy atom. The van der Waals surface area contributed by atoms with E-state index in [9.17, 15) is 0 Å². The Morgan fingerprint density at radius 3 is 3.12 bits per heavy atom. The highest BCUT2D eigenvalue weighted by Crippen LogP contribution is 2.05. The van der Waals surface area contributed by atoms with Crippen LogP contribution >= 0.6 is 0 Å². The van der Waals surface area contributed by atoms with Gasteiger partial charge in [0.2, 0.25) is 5.95 Å². The van der Waals surface area contributed by atoms with E-state index >= 15 is 0 Å². The molecule has 1 rings (SSSR count). The van der Waals surface area contributed by atoms with Gasteiger partial charge in [-0.2, -0.15) is 4.98 Å². The van der Waals surface area contributed by atoms with Gasteiger partial charge < -0.3 is 15.4 Å². The molecule has 1 aromatic rings. The van der Waals surface area contributed by atoms with Crippen molar-refractivity contribution >= 4 is 11.8 Å². The molecule has 0 atom stereocenters. The van der Waals surface area contributed by atoms with Gasteiger partial charge in [0.15, 0.2) is 0 Å². The van der Waals surface area contributed by atoms with Gasteiger partial charge in [0.1, 0.15) is 5.82 Å². The van der Waals surface area contributed by atoms with E-state index in [-0.39, 0.29) is 0 Å². The van der Waals surface area contributed by atoms with Crippen molar-refractivity contribution in [1.29, 1.82) is 0 Å². The molecule has 0 aliphatic rings. The first-order valence-corrected chi connectivity index (χ1v) is 5.27. The van der Waals surface area contributed by atoms with E-state index < -0.39 is 0 Å². The number of anilines is 2. The molecule has 0 saturated carbocycles. The van der Waals surface area contributed by atoms with Gasteiger partial charge in [-0.15, -0.1) is 6.58 Å². The van der Waals surface area contributed by atoms with Crippen LogP contribution in [-0.4, -0.2) is 36.8 Å². The summed E-state index contributed by atoms with van der Waals surface area (Å²) >= 11 is 0. The Hall–Kier alpha value is -1.62. The van der Waals surface area contributed by atoms with Crippen molar-refractivity contribution in [2.75, 3.05) is 37.4 Å². The van der Waals surface area contributed by atoms with Crippen LogP contribution in [-0.2, 0) is 4.74 Å². The largest absolute Gasteiger partial charge is 0.385 e. The van der Waals surface area contributed by atoms with E-state index in [1.165, 1.54) is 0 Å². The van der Waals surface area contributed by atoms with Crippen LogP contribution in [0, 0.1) is 0 Å². The van der Waals surface area contributed by atoms with Crippen LogP contribution in [0.1, 0.15) is 6.42 Å². The van der Waals surface area contributed by atoms with Crippen molar-refractivity contribution in [2.24, 2.45) is 0 Å². The van der Waals surface area contributed by atoms with Crippen molar-refractivity contribution in [3.05, 3.63) is 24.9 Å². The first-order valence-electron chi connectivity index (χ1n) is 5.27. The molecule has 0 saturated heterocycles. The average molecular weight is 222 g/mol. The Kier molecular flexibility index (Phi) is 5.95. The summed E-state index contributed by atoms with van der Waals surface area (Å²) < 4.78 is 4.96. The Morgan fingerprint density at radius 2 is 2.38 bits per heavy atom. The van der Waals surface area contributed by atoms with E-state index in [0.29, 0.717) is 12.5 Å². The fourth-order valence-electron chi connectivity index (χ4n) is 1.14. The predicted octanol–water partition coefficient (Wildman–Crippen LogP) is 1.52. The summed E-state index contributed by atoms with van der Waals surface area (Å²) in [5.41, 5.74) is 0. The minimum Gasteiger partial charge on any atom is -0.385 e. The molecule has 16 heavy (non-hydrogen) atoms. The summed E-state index contributed by atoms with van der Waals surface area (Å²) in [6.45, 7) is 5.87. The summed E-state index contributed by atoms with van der Waals surface area (Å²) in [4.78, 5) is 8.37. The van der Waals surface area contributed by atoms with Gasteiger partial charge in [-0.25, -0.2) is 4.98 Å². The monoisotopic (exact) mass is 222 g/mol. The van der Waals surface area contributed by atoms with E-state index in [4.69, 9.17) is 4.74 Å². The fourth-order valence-corrected chi connectivity index (χ4v) is 1.14. The second-order valence-corrected chi connectivity index (χ2v) is 3.21. The molecule has 88 valence electrons. The predicted molar refractivity (Wildman–Crippen MR) is 65.7 cm³/mol. The molecule has 0 bridgehead atoms. The quantitative estimate of drug-likeness (QED) is 0.516. The number of nitrogens with one attached hydrogen (secondary N) is 2. The molecule has 0 aliphatic heterocycles. The van der Waals surface area contributed by atoms with Crippen molar-refractivity contribution < 1.29 is 4.74 Å². The highest BCUT2D eigenvalue weighted by molar-refractivity contribution is 5.39. The van der Waals surface area contributed by atoms with Gasteiger partial charge in [0.05, 0.1) is 0 Å². The minimum atomic E-state index is 0.608. The van der Waals surface area contributed by atoms with Gasteiger partial charge in [-0.05, 0) is 12.5 Å². The number of methoxy groups -OCH3 is 1. The van der Waals surface area contributed by atoms with Crippen molar-refractivity contribution in [3.63, 3.8) is 0 Å². The van der Waals surface area contributed by atoms with Crippen LogP contribution in [0.5, 0.6) is 0 Å². The van der Waals surface area contributed by atoms with E-state index in [2.05, 4.69) is 27.2 Å². The molecule has 0 unspecified atom stereocenters. The number of rotatable bonds is 8. The van der Waals surface area contributed by atoms with Crippen LogP contribution in [0.15, 0.2) is 24.9 Å². The smallest absolute Gasteiger partial charge is 0.224 e. The molecule has 0 radical (unpaired) electrons. The zero-order valence-electron chi connectivity index (χ0n) is 9.57. The molecule has 1 heterocycles. The van der Waals surface area contributed by atoms with E-state index in [1.807, 2.05) is 6.07 Å². The molecule has 0 amide bonds. The Balaban J connectivity index is 2.37. The summed E-state index contributed by atoms with van der Waals surface area (Å²) in [5, 5.41) is 6.23. The third-order valence-electron chi connectivity index (χ3n) is 1.89. The van der Waals surface area contributed by atoms with Crippen LogP contribution < -0.4 is 10.6 Å². The maximum absolute atomic E-state index is 4.96. The first-order chi connectivity index (χ1) is 7.86. The van der Waals surface area contributed by atoms with Crippen LogP contribution in [0.4, 0.5) is 11.8 Å². The van der Waals surface area contributed by atoms with E-state index in [0.717, 1.165) is 25.4 Å². The molecule has 0 fully saturated rings. The lowest BCUT2D eigenvalue weighted by molar-refractivity contribution is 0.198. The summed E-state index contributed by atoms with van der Waals surface area (Å²) in [5.74, 6) is 1.43. The molecule has 1 aromatic heterocycles. The molecular weight excluding hydrogens is 204 g/mol. The van der Waals surface area contributed by atoms with Crippen molar-refractivity contribution in [1.82, 2.24) is 9.97 Å². The Labute approximate surface area is 95.9 Å².